The van der Waals surface area contributed by atoms with Crippen LogP contribution in [0, 0.1) is 0 Å². The summed E-state index contributed by atoms with van der Waals surface area (Å²) in [6, 6.07) is 14.9. The Balaban J connectivity index is 1.38. The Morgan fingerprint density at radius 1 is 1.25 bits per heavy atom. The lowest BCUT2D eigenvalue weighted by Crippen LogP contribution is -2.45. The number of rotatable bonds is 8. The van der Waals surface area contributed by atoms with Crippen LogP contribution in [0.2, 0.25) is 0 Å². The van der Waals surface area contributed by atoms with Crippen LogP contribution in [0.5, 0.6) is 0 Å². The molecule has 2 unspecified atom stereocenters. The lowest BCUT2D eigenvalue weighted by molar-refractivity contribution is 0.00714. The number of benzene rings is 1. The molecule has 0 amide bonds. The van der Waals surface area contributed by atoms with Crippen LogP contribution < -0.4 is 5.32 Å². The Hall–Kier alpha value is -1.40. The van der Waals surface area contributed by atoms with Gasteiger partial charge in [0.05, 0.1) is 19.3 Å². The fourth-order valence-corrected chi connectivity index (χ4v) is 3.79. The van der Waals surface area contributed by atoms with Crippen molar-refractivity contribution in [1.29, 1.82) is 0 Å². The van der Waals surface area contributed by atoms with E-state index in [1.54, 1.807) is 11.3 Å². The second kappa shape index (κ2) is 9.18. The van der Waals surface area contributed by atoms with Crippen LogP contribution in [0.4, 0.5) is 5.69 Å². The number of nitrogens with zero attached hydrogens (tertiary/aromatic N) is 1. The summed E-state index contributed by atoms with van der Waals surface area (Å²) in [5.74, 6) is 0. The fraction of sp³-hybridized carbons (Fsp3) is 0.474. The number of thiophene rings is 1. The van der Waals surface area contributed by atoms with Gasteiger partial charge in [-0.05, 0) is 43.0 Å². The molecule has 5 heteroatoms. The summed E-state index contributed by atoms with van der Waals surface area (Å²) in [6.07, 6.45) is 1.91. The van der Waals surface area contributed by atoms with Crippen LogP contribution in [-0.4, -0.2) is 48.4 Å². The normalized spacial score (nSPS) is 20.0. The number of hydrogen-bond acceptors (Lipinski definition) is 5. The predicted octanol–water partition coefficient (Wildman–Crippen LogP) is 3.20. The van der Waals surface area contributed by atoms with Crippen molar-refractivity contribution in [3.63, 3.8) is 0 Å². The van der Waals surface area contributed by atoms with E-state index in [2.05, 4.69) is 40.5 Å². The molecule has 3 rings (SSSR count). The molecule has 1 saturated heterocycles. The highest BCUT2D eigenvalue weighted by atomic mass is 32.1. The first kappa shape index (κ1) is 17.4. The van der Waals surface area contributed by atoms with Crippen LogP contribution in [0.15, 0.2) is 47.8 Å². The summed E-state index contributed by atoms with van der Waals surface area (Å²) >= 11 is 1.69. The van der Waals surface area contributed by atoms with E-state index in [9.17, 15) is 5.11 Å². The van der Waals surface area contributed by atoms with Crippen LogP contribution in [0.1, 0.15) is 17.7 Å². The van der Waals surface area contributed by atoms with Crippen molar-refractivity contribution in [3.05, 3.63) is 52.7 Å². The molecule has 0 aliphatic carbocycles. The van der Waals surface area contributed by atoms with Crippen LogP contribution in [-0.2, 0) is 11.3 Å². The number of aliphatic hydroxyl groups is 1. The van der Waals surface area contributed by atoms with Crippen LogP contribution in [0.3, 0.4) is 0 Å². The van der Waals surface area contributed by atoms with Crippen LogP contribution in [0.25, 0.3) is 0 Å². The summed E-state index contributed by atoms with van der Waals surface area (Å²) in [5.41, 5.74) is 1.17. The standard InChI is InChI=1S/C19H26N2O2S/c22-18(14-23-15-19-9-5-11-24-19)13-21-10-4-8-17(12-21)20-16-6-2-1-3-7-16/h1-3,5-7,9,11,17-18,20,22H,4,8,10,12-15H2. The molecular weight excluding hydrogens is 320 g/mol. The number of aliphatic hydroxyl groups excluding tert-OH is 1. The smallest absolute Gasteiger partial charge is 0.0900 e. The Morgan fingerprint density at radius 3 is 2.92 bits per heavy atom. The van der Waals surface area contributed by atoms with Crippen molar-refractivity contribution in [2.45, 2.75) is 31.6 Å². The quantitative estimate of drug-likeness (QED) is 0.770. The second-order valence-corrected chi connectivity index (χ2v) is 7.39. The van der Waals surface area contributed by atoms with Crippen molar-refractivity contribution in [2.75, 3.05) is 31.6 Å². The summed E-state index contributed by atoms with van der Waals surface area (Å²) in [4.78, 5) is 3.54. The first-order valence-corrected chi connectivity index (χ1v) is 9.49. The number of hydrogen-bond donors (Lipinski definition) is 2. The predicted molar refractivity (Wildman–Crippen MR) is 99.5 cm³/mol. The summed E-state index contributed by atoms with van der Waals surface area (Å²) in [6.45, 7) is 3.68. The van der Waals surface area contributed by atoms with Gasteiger partial charge in [-0.25, -0.2) is 0 Å². The van der Waals surface area contributed by atoms with E-state index in [-0.39, 0.29) is 0 Å². The number of anilines is 1. The van der Waals surface area contributed by atoms with Crippen molar-refractivity contribution in [3.8, 4) is 0 Å². The molecule has 130 valence electrons. The molecular formula is C19H26N2O2S. The molecule has 2 N–H and O–H groups in total. The Bertz CT molecular complexity index is 576. The van der Waals surface area contributed by atoms with Gasteiger partial charge in [0.2, 0.25) is 0 Å². The number of piperidine rings is 1. The summed E-state index contributed by atoms with van der Waals surface area (Å²) in [5, 5.41) is 15.9. The third kappa shape index (κ3) is 5.60. The van der Waals surface area contributed by atoms with Gasteiger partial charge in [-0.1, -0.05) is 24.3 Å². The van der Waals surface area contributed by atoms with Crippen LogP contribution >= 0.6 is 11.3 Å². The molecule has 2 heterocycles. The summed E-state index contributed by atoms with van der Waals surface area (Å²) in [7, 11) is 0. The number of likely N-dealkylation sites (tertiary alicyclic amines) is 1. The van der Waals surface area contributed by atoms with Gasteiger partial charge in [0, 0.05) is 29.7 Å². The Labute approximate surface area is 148 Å². The van der Waals surface area contributed by atoms with Gasteiger partial charge in [0.15, 0.2) is 0 Å². The molecule has 1 aliphatic heterocycles. The van der Waals surface area contributed by atoms with Crippen molar-refractivity contribution < 1.29 is 9.84 Å². The molecule has 1 fully saturated rings. The Morgan fingerprint density at radius 2 is 2.12 bits per heavy atom. The maximum Gasteiger partial charge on any atom is 0.0900 e. The average molecular weight is 346 g/mol. The van der Waals surface area contributed by atoms with E-state index < -0.39 is 6.10 Å². The van der Waals surface area contributed by atoms with Crippen molar-refractivity contribution in [1.82, 2.24) is 4.90 Å². The van der Waals surface area contributed by atoms with Gasteiger partial charge in [-0.15, -0.1) is 11.3 Å². The van der Waals surface area contributed by atoms with Gasteiger partial charge < -0.3 is 15.2 Å². The van der Waals surface area contributed by atoms with Gasteiger partial charge in [-0.3, -0.25) is 4.90 Å². The summed E-state index contributed by atoms with van der Waals surface area (Å²) < 4.78 is 5.62. The Kier molecular flexibility index (Phi) is 6.66. The minimum absolute atomic E-state index is 0.394. The van der Waals surface area contributed by atoms with Gasteiger partial charge >= 0.3 is 0 Å². The highest BCUT2D eigenvalue weighted by Gasteiger charge is 2.21. The van der Waals surface area contributed by atoms with E-state index in [0.29, 0.717) is 25.8 Å². The maximum absolute atomic E-state index is 10.2. The lowest BCUT2D eigenvalue weighted by Gasteiger charge is -2.34. The average Bonchev–Trinajstić information content (AvgIpc) is 3.09. The fourth-order valence-electron chi connectivity index (χ4n) is 3.15. The topological polar surface area (TPSA) is 44.7 Å². The zero-order valence-electron chi connectivity index (χ0n) is 13.9. The highest BCUT2D eigenvalue weighted by molar-refractivity contribution is 7.09. The third-order valence-corrected chi connectivity index (χ3v) is 5.10. The molecule has 0 saturated carbocycles. The van der Waals surface area contributed by atoms with Gasteiger partial charge in [-0.2, -0.15) is 0 Å². The maximum atomic E-state index is 10.2. The van der Waals surface area contributed by atoms with Gasteiger partial charge in [0.1, 0.15) is 0 Å². The monoisotopic (exact) mass is 346 g/mol. The molecule has 4 nitrogen and oxygen atoms in total. The minimum atomic E-state index is -0.430. The van der Waals surface area contributed by atoms with E-state index >= 15 is 0 Å². The molecule has 24 heavy (non-hydrogen) atoms. The number of nitrogens with one attached hydrogen (secondary N) is 1. The molecule has 0 spiro atoms. The van der Waals surface area contributed by atoms with Crippen molar-refractivity contribution >= 4 is 17.0 Å². The molecule has 2 atom stereocenters. The number of para-hydroxylation sites is 1. The molecule has 1 aromatic heterocycles. The zero-order chi connectivity index (χ0) is 16.6. The number of ether oxygens (including phenoxy) is 1. The van der Waals surface area contributed by atoms with E-state index in [1.807, 2.05) is 17.5 Å². The van der Waals surface area contributed by atoms with Crippen molar-refractivity contribution in [2.24, 2.45) is 0 Å². The number of β-amino-alcohol motifs (C(OH)–C–C–N with tert-alkyl or cyclic N) is 1. The minimum Gasteiger partial charge on any atom is -0.389 e. The van der Waals surface area contributed by atoms with E-state index in [1.165, 1.54) is 17.0 Å². The first-order chi connectivity index (χ1) is 11.8. The first-order valence-electron chi connectivity index (χ1n) is 8.62. The second-order valence-electron chi connectivity index (χ2n) is 6.36. The third-order valence-electron chi connectivity index (χ3n) is 4.25. The molecule has 1 aliphatic rings. The largest absolute Gasteiger partial charge is 0.389 e. The lowest BCUT2D eigenvalue weighted by atomic mass is 10.0. The molecule has 0 radical (unpaired) electrons. The molecule has 2 aromatic rings. The zero-order valence-corrected chi connectivity index (χ0v) is 14.8. The molecule has 0 bridgehead atoms. The SMILES string of the molecule is OC(COCc1cccs1)CN1CCCC(Nc2ccccc2)C1. The van der Waals surface area contributed by atoms with E-state index in [4.69, 9.17) is 4.74 Å². The highest BCUT2D eigenvalue weighted by Crippen LogP contribution is 2.16. The van der Waals surface area contributed by atoms with E-state index in [0.717, 1.165) is 19.5 Å². The molecule has 1 aromatic carbocycles. The van der Waals surface area contributed by atoms with Gasteiger partial charge in [0.25, 0.3) is 0 Å².